The standard InChI is InChI=1S/C28H37ClN6O/c1-18(20-10-8-19(9-11-20)16-24(30)33-34-31)35-26(36)25(21-6-5-7-23(29)17-21)32-28(35)14-12-22(13-15-28)27(2,3)4/h5-11,17-18,22,34H,12-16,31H2,1-4H3,(H2,30,33). The Morgan fingerprint density at radius 2 is 1.89 bits per heavy atom. The summed E-state index contributed by atoms with van der Waals surface area (Å²) in [6.45, 7) is 9.01. The molecule has 7 nitrogen and oxygen atoms in total. The second-order valence-electron chi connectivity index (χ2n) is 11.1. The van der Waals surface area contributed by atoms with Crippen LogP contribution in [0.4, 0.5) is 0 Å². The number of hydrazone groups is 1. The first-order chi connectivity index (χ1) is 17.0. The van der Waals surface area contributed by atoms with Gasteiger partial charge in [-0.2, -0.15) is 5.10 Å². The highest BCUT2D eigenvalue weighted by Crippen LogP contribution is 2.49. The highest BCUT2D eigenvalue weighted by molar-refractivity contribution is 6.47. The van der Waals surface area contributed by atoms with E-state index < -0.39 is 5.66 Å². The van der Waals surface area contributed by atoms with Gasteiger partial charge in [0.25, 0.3) is 5.91 Å². The average molecular weight is 509 g/mol. The lowest BCUT2D eigenvalue weighted by molar-refractivity contribution is -0.132. The highest BCUT2D eigenvalue weighted by Gasteiger charge is 2.51. The molecule has 1 heterocycles. The maximum Gasteiger partial charge on any atom is 0.275 e. The Kier molecular flexibility index (Phi) is 7.43. The van der Waals surface area contributed by atoms with Gasteiger partial charge in [-0.15, -0.1) is 0 Å². The van der Waals surface area contributed by atoms with Gasteiger partial charge in [-0.1, -0.05) is 68.8 Å². The smallest absolute Gasteiger partial charge is 0.275 e. The van der Waals surface area contributed by atoms with Crippen LogP contribution in [0.3, 0.4) is 0 Å². The van der Waals surface area contributed by atoms with Crippen LogP contribution in [0, 0.1) is 11.3 Å². The SMILES string of the molecule is CC(c1ccc(C/C(N)=N/NN)cc1)N1C(=O)C(c2cccc(Cl)c2)=NC12CCC(C(C)(C)C)CC2. The predicted octanol–water partition coefficient (Wildman–Crippen LogP) is 4.94. The molecule has 0 aromatic heterocycles. The summed E-state index contributed by atoms with van der Waals surface area (Å²) in [4.78, 5) is 21.2. The lowest BCUT2D eigenvalue weighted by Crippen LogP contribution is -2.50. The molecular formula is C28H37ClN6O. The van der Waals surface area contributed by atoms with Crippen LogP contribution < -0.4 is 17.1 Å². The van der Waals surface area contributed by atoms with Crippen molar-refractivity contribution in [2.24, 2.45) is 33.0 Å². The Morgan fingerprint density at radius 1 is 1.22 bits per heavy atom. The van der Waals surface area contributed by atoms with Crippen molar-refractivity contribution in [1.29, 1.82) is 0 Å². The Hall–Kier alpha value is -2.90. The van der Waals surface area contributed by atoms with Gasteiger partial charge in [0.05, 0.1) is 6.04 Å². The first-order valence-electron chi connectivity index (χ1n) is 12.6. The Balaban J connectivity index is 1.66. The number of aliphatic imine (C=N–C) groups is 1. The summed E-state index contributed by atoms with van der Waals surface area (Å²) < 4.78 is 0. The van der Waals surface area contributed by atoms with E-state index in [2.05, 4.69) is 50.5 Å². The number of carbonyl (C=O) groups is 1. The zero-order chi connectivity index (χ0) is 26.1. The molecule has 2 aliphatic rings. The summed E-state index contributed by atoms with van der Waals surface area (Å²) in [5, 5.41) is 4.42. The summed E-state index contributed by atoms with van der Waals surface area (Å²) in [6, 6.07) is 15.5. The minimum Gasteiger partial charge on any atom is -0.385 e. The van der Waals surface area contributed by atoms with Crippen LogP contribution >= 0.6 is 11.6 Å². The van der Waals surface area contributed by atoms with E-state index in [1.807, 2.05) is 41.3 Å². The zero-order valence-electron chi connectivity index (χ0n) is 21.6. The largest absolute Gasteiger partial charge is 0.385 e. The monoisotopic (exact) mass is 508 g/mol. The van der Waals surface area contributed by atoms with Gasteiger partial charge in [-0.3, -0.25) is 9.79 Å². The number of nitrogens with two attached hydrogens (primary N) is 2. The third-order valence-corrected chi connectivity index (χ3v) is 7.98. The molecule has 1 fully saturated rings. The van der Waals surface area contributed by atoms with Crippen molar-refractivity contribution in [3.05, 3.63) is 70.2 Å². The number of nitrogens with one attached hydrogen (secondary N) is 1. The van der Waals surface area contributed by atoms with Crippen LogP contribution in [0.2, 0.25) is 5.02 Å². The second kappa shape index (κ2) is 10.2. The molecule has 1 unspecified atom stereocenters. The van der Waals surface area contributed by atoms with Gasteiger partial charge < -0.3 is 10.6 Å². The summed E-state index contributed by atoms with van der Waals surface area (Å²) in [7, 11) is 0. The molecular weight excluding hydrogens is 472 g/mol. The van der Waals surface area contributed by atoms with Gasteiger partial charge in [-0.05, 0) is 67.2 Å². The number of hydrazine groups is 1. The first-order valence-corrected chi connectivity index (χ1v) is 13.0. The van der Waals surface area contributed by atoms with Gasteiger partial charge >= 0.3 is 0 Å². The summed E-state index contributed by atoms with van der Waals surface area (Å²) in [6.07, 6.45) is 4.28. The maximum atomic E-state index is 14.0. The molecule has 1 amide bonds. The number of amides is 1. The molecule has 0 saturated heterocycles. The number of benzene rings is 2. The molecule has 8 heteroatoms. The summed E-state index contributed by atoms with van der Waals surface area (Å²) in [5.41, 5.74) is 11.2. The molecule has 192 valence electrons. The molecule has 4 rings (SSSR count). The van der Waals surface area contributed by atoms with Crippen molar-refractivity contribution >= 4 is 29.1 Å². The topological polar surface area (TPSA) is 109 Å². The molecule has 0 radical (unpaired) electrons. The Morgan fingerprint density at radius 3 is 2.47 bits per heavy atom. The van der Waals surface area contributed by atoms with Crippen molar-refractivity contribution in [2.45, 2.75) is 71.5 Å². The number of hydrogen-bond acceptors (Lipinski definition) is 5. The van der Waals surface area contributed by atoms with Crippen molar-refractivity contribution < 1.29 is 4.79 Å². The van der Waals surface area contributed by atoms with E-state index in [0.29, 0.717) is 28.9 Å². The molecule has 36 heavy (non-hydrogen) atoms. The number of amidine groups is 1. The molecule has 1 atom stereocenters. The number of nitrogens with zero attached hydrogens (tertiary/aromatic N) is 3. The lowest BCUT2D eigenvalue weighted by Gasteiger charge is -2.46. The van der Waals surface area contributed by atoms with E-state index in [0.717, 1.165) is 42.4 Å². The van der Waals surface area contributed by atoms with E-state index in [1.165, 1.54) is 0 Å². The summed E-state index contributed by atoms with van der Waals surface area (Å²) in [5.74, 6) is 6.20. The fourth-order valence-electron chi connectivity index (χ4n) is 5.67. The van der Waals surface area contributed by atoms with Crippen molar-refractivity contribution in [3.63, 3.8) is 0 Å². The number of hydrogen-bond donors (Lipinski definition) is 3. The van der Waals surface area contributed by atoms with Crippen LogP contribution in [0.1, 0.15) is 76.1 Å². The molecule has 2 aromatic carbocycles. The Bertz CT molecular complexity index is 1160. The van der Waals surface area contributed by atoms with Gasteiger partial charge in [0.2, 0.25) is 0 Å². The van der Waals surface area contributed by atoms with Crippen LogP contribution in [-0.4, -0.2) is 28.0 Å². The third-order valence-electron chi connectivity index (χ3n) is 7.74. The number of rotatable bonds is 6. The van der Waals surface area contributed by atoms with E-state index in [1.54, 1.807) is 0 Å². The molecule has 1 spiro atoms. The minimum atomic E-state index is -0.543. The number of carbonyl (C=O) groups excluding carboxylic acids is 1. The maximum absolute atomic E-state index is 14.0. The fourth-order valence-corrected chi connectivity index (χ4v) is 5.86. The van der Waals surface area contributed by atoms with Crippen molar-refractivity contribution in [1.82, 2.24) is 10.4 Å². The van der Waals surface area contributed by atoms with Crippen LogP contribution in [-0.2, 0) is 11.2 Å². The first kappa shape index (κ1) is 26.2. The van der Waals surface area contributed by atoms with E-state index in [4.69, 9.17) is 28.2 Å². The molecule has 1 aliphatic heterocycles. The molecule has 1 aliphatic carbocycles. The van der Waals surface area contributed by atoms with Crippen molar-refractivity contribution in [2.75, 3.05) is 0 Å². The highest BCUT2D eigenvalue weighted by atomic mass is 35.5. The van der Waals surface area contributed by atoms with E-state index in [-0.39, 0.29) is 17.4 Å². The molecule has 2 aromatic rings. The minimum absolute atomic E-state index is 0.0338. The Labute approximate surface area is 219 Å². The molecule has 5 N–H and O–H groups in total. The predicted molar refractivity (Wildman–Crippen MR) is 146 cm³/mol. The second-order valence-corrected chi connectivity index (χ2v) is 11.5. The number of halogens is 1. The van der Waals surface area contributed by atoms with E-state index in [9.17, 15) is 4.79 Å². The van der Waals surface area contributed by atoms with E-state index >= 15 is 0 Å². The third kappa shape index (κ3) is 5.27. The quantitative estimate of drug-likeness (QED) is 0.222. The van der Waals surface area contributed by atoms with Gasteiger partial charge in [-0.25, -0.2) is 11.4 Å². The van der Waals surface area contributed by atoms with Crippen LogP contribution in [0.15, 0.2) is 58.6 Å². The van der Waals surface area contributed by atoms with Crippen molar-refractivity contribution in [3.8, 4) is 0 Å². The van der Waals surface area contributed by atoms with Gasteiger partial charge in [0.15, 0.2) is 0 Å². The normalized spacial score (nSPS) is 23.7. The van der Waals surface area contributed by atoms with Crippen LogP contribution in [0.5, 0.6) is 0 Å². The zero-order valence-corrected chi connectivity index (χ0v) is 22.3. The van der Waals surface area contributed by atoms with Gasteiger partial charge in [0, 0.05) is 17.0 Å². The lowest BCUT2D eigenvalue weighted by atomic mass is 9.69. The average Bonchev–Trinajstić information content (AvgIpc) is 3.10. The van der Waals surface area contributed by atoms with Gasteiger partial charge in [0.1, 0.15) is 17.2 Å². The van der Waals surface area contributed by atoms with Crippen LogP contribution in [0.25, 0.3) is 0 Å². The fraction of sp³-hybridized carbons (Fsp3) is 0.464. The summed E-state index contributed by atoms with van der Waals surface area (Å²) >= 11 is 6.27. The molecule has 0 bridgehead atoms. The molecule has 1 saturated carbocycles.